The zero-order valence-corrected chi connectivity index (χ0v) is 14.6. The molecule has 5 nitrogen and oxygen atoms in total. The van der Waals surface area contributed by atoms with Crippen molar-refractivity contribution in [3.05, 3.63) is 0 Å². The summed E-state index contributed by atoms with van der Waals surface area (Å²) in [6, 6.07) is 0.590. The van der Waals surface area contributed by atoms with Gasteiger partial charge in [0, 0.05) is 25.7 Å². The molecule has 2 rings (SSSR count). The number of amides is 1. The molecule has 22 heavy (non-hydrogen) atoms. The second-order valence-corrected chi connectivity index (χ2v) is 7.73. The number of rotatable bonds is 4. The molecule has 0 saturated carbocycles. The predicted octanol–water partition coefficient (Wildman–Crippen LogP) is 2.79. The van der Waals surface area contributed by atoms with Crippen molar-refractivity contribution < 1.29 is 14.3 Å². The van der Waals surface area contributed by atoms with Crippen LogP contribution in [0.5, 0.6) is 0 Å². The van der Waals surface area contributed by atoms with Crippen molar-refractivity contribution in [2.24, 2.45) is 5.92 Å². The molecule has 1 N–H and O–H groups in total. The average Bonchev–Trinajstić information content (AvgIpc) is 2.86. The summed E-state index contributed by atoms with van der Waals surface area (Å²) in [5, 5.41) is 3.65. The van der Waals surface area contributed by atoms with E-state index in [0.29, 0.717) is 18.1 Å². The van der Waals surface area contributed by atoms with Gasteiger partial charge in [-0.25, -0.2) is 4.79 Å². The number of hydrogen-bond acceptors (Lipinski definition) is 4. The van der Waals surface area contributed by atoms with Gasteiger partial charge < -0.3 is 19.7 Å². The van der Waals surface area contributed by atoms with Gasteiger partial charge >= 0.3 is 6.09 Å². The molecule has 1 amide bonds. The Morgan fingerprint density at radius 1 is 1.36 bits per heavy atom. The second-order valence-electron chi connectivity index (χ2n) is 7.73. The van der Waals surface area contributed by atoms with Crippen molar-refractivity contribution in [3.8, 4) is 0 Å². The van der Waals surface area contributed by atoms with Crippen molar-refractivity contribution in [3.63, 3.8) is 0 Å². The number of nitrogens with zero attached hydrogens (tertiary/aromatic N) is 1. The monoisotopic (exact) mass is 312 g/mol. The number of hydrogen-bond donors (Lipinski definition) is 1. The first-order valence-corrected chi connectivity index (χ1v) is 8.66. The fourth-order valence-corrected chi connectivity index (χ4v) is 3.24. The van der Waals surface area contributed by atoms with E-state index in [1.54, 1.807) is 0 Å². The molecule has 3 atom stereocenters. The maximum atomic E-state index is 12.0. The summed E-state index contributed by atoms with van der Waals surface area (Å²) in [6.07, 6.45) is 4.64. The standard InChI is InChI=1S/C17H32N2O3/c1-13-11-15(7-10-21-13)18-8-5-14-6-9-19(12-14)16(20)22-17(2,3)4/h13-15,18H,5-12H2,1-4H3. The van der Waals surface area contributed by atoms with E-state index in [4.69, 9.17) is 9.47 Å². The lowest BCUT2D eigenvalue weighted by Gasteiger charge is -2.28. The highest BCUT2D eigenvalue weighted by molar-refractivity contribution is 5.68. The van der Waals surface area contributed by atoms with Gasteiger partial charge in [-0.15, -0.1) is 0 Å². The quantitative estimate of drug-likeness (QED) is 0.867. The maximum Gasteiger partial charge on any atom is 0.410 e. The molecule has 0 aromatic rings. The summed E-state index contributed by atoms with van der Waals surface area (Å²) < 4.78 is 11.0. The summed E-state index contributed by atoms with van der Waals surface area (Å²) in [5.41, 5.74) is -0.406. The van der Waals surface area contributed by atoms with Crippen LogP contribution in [0.2, 0.25) is 0 Å². The van der Waals surface area contributed by atoms with Crippen LogP contribution in [0.3, 0.4) is 0 Å². The Morgan fingerprint density at radius 2 is 2.14 bits per heavy atom. The van der Waals surface area contributed by atoms with Gasteiger partial charge in [0.25, 0.3) is 0 Å². The molecule has 5 heteroatoms. The first kappa shape index (κ1) is 17.5. The molecule has 2 aliphatic rings. The second kappa shape index (κ2) is 7.64. The normalized spacial score (nSPS) is 29.6. The molecule has 0 aromatic heterocycles. The fraction of sp³-hybridized carbons (Fsp3) is 0.941. The van der Waals surface area contributed by atoms with E-state index < -0.39 is 5.60 Å². The minimum Gasteiger partial charge on any atom is -0.444 e. The number of carbonyl (C=O) groups excluding carboxylic acids is 1. The summed E-state index contributed by atoms with van der Waals surface area (Å²) >= 11 is 0. The third-order valence-electron chi connectivity index (χ3n) is 4.41. The van der Waals surface area contributed by atoms with Crippen LogP contribution < -0.4 is 5.32 Å². The molecule has 2 heterocycles. The van der Waals surface area contributed by atoms with Crippen LogP contribution in [-0.2, 0) is 9.47 Å². The van der Waals surface area contributed by atoms with Gasteiger partial charge in [0.05, 0.1) is 6.10 Å². The number of carbonyl (C=O) groups is 1. The molecule has 2 saturated heterocycles. The summed E-state index contributed by atoms with van der Waals surface area (Å²) in [4.78, 5) is 13.9. The van der Waals surface area contributed by atoms with Gasteiger partial charge in [-0.05, 0) is 65.8 Å². The molecule has 3 unspecified atom stereocenters. The highest BCUT2D eigenvalue weighted by Crippen LogP contribution is 2.22. The molecule has 0 bridgehead atoms. The van der Waals surface area contributed by atoms with Gasteiger partial charge in [-0.2, -0.15) is 0 Å². The Balaban J connectivity index is 1.63. The zero-order chi connectivity index (χ0) is 16.2. The molecule has 128 valence electrons. The van der Waals surface area contributed by atoms with Crippen molar-refractivity contribution in [2.45, 2.75) is 71.1 Å². The Bertz CT molecular complexity index is 367. The van der Waals surface area contributed by atoms with E-state index in [9.17, 15) is 4.79 Å². The van der Waals surface area contributed by atoms with E-state index in [-0.39, 0.29) is 6.09 Å². The van der Waals surface area contributed by atoms with E-state index in [2.05, 4.69) is 12.2 Å². The van der Waals surface area contributed by atoms with Crippen LogP contribution in [0.15, 0.2) is 0 Å². The molecule has 2 fully saturated rings. The topological polar surface area (TPSA) is 50.8 Å². The van der Waals surface area contributed by atoms with Gasteiger partial charge in [0.15, 0.2) is 0 Å². The first-order chi connectivity index (χ1) is 10.3. The van der Waals surface area contributed by atoms with Crippen LogP contribution >= 0.6 is 0 Å². The van der Waals surface area contributed by atoms with E-state index >= 15 is 0 Å². The van der Waals surface area contributed by atoms with Crippen LogP contribution in [-0.4, -0.2) is 55.0 Å². The highest BCUT2D eigenvalue weighted by Gasteiger charge is 2.29. The number of ether oxygens (including phenoxy) is 2. The van der Waals surface area contributed by atoms with E-state index in [0.717, 1.165) is 51.9 Å². The average molecular weight is 312 g/mol. The SMILES string of the molecule is CC1CC(NCCC2CCN(C(=O)OC(C)(C)C)C2)CCO1. The van der Waals surface area contributed by atoms with Crippen LogP contribution in [0.4, 0.5) is 4.79 Å². The van der Waals surface area contributed by atoms with Gasteiger partial charge in [0.2, 0.25) is 0 Å². The van der Waals surface area contributed by atoms with Crippen LogP contribution in [0.1, 0.15) is 53.4 Å². The lowest BCUT2D eigenvalue weighted by Crippen LogP contribution is -2.39. The van der Waals surface area contributed by atoms with Crippen LogP contribution in [0, 0.1) is 5.92 Å². The Morgan fingerprint density at radius 3 is 2.82 bits per heavy atom. The minimum absolute atomic E-state index is 0.166. The highest BCUT2D eigenvalue weighted by atomic mass is 16.6. The van der Waals surface area contributed by atoms with Crippen molar-refractivity contribution >= 4 is 6.09 Å². The lowest BCUT2D eigenvalue weighted by atomic mass is 10.0. The minimum atomic E-state index is -0.406. The number of nitrogens with one attached hydrogen (secondary N) is 1. The maximum absolute atomic E-state index is 12.0. The van der Waals surface area contributed by atoms with E-state index in [1.165, 1.54) is 0 Å². The Hall–Kier alpha value is -0.810. The molecule has 0 radical (unpaired) electrons. The predicted molar refractivity (Wildman–Crippen MR) is 87.0 cm³/mol. The summed E-state index contributed by atoms with van der Waals surface area (Å²) in [6.45, 7) is 11.4. The lowest BCUT2D eigenvalue weighted by molar-refractivity contribution is 0.0131. The summed E-state index contributed by atoms with van der Waals surface area (Å²) in [7, 11) is 0. The fourth-order valence-electron chi connectivity index (χ4n) is 3.24. The molecule has 0 aliphatic carbocycles. The van der Waals surface area contributed by atoms with E-state index in [1.807, 2.05) is 25.7 Å². The Kier molecular flexibility index (Phi) is 6.09. The molecule has 0 aromatic carbocycles. The van der Waals surface area contributed by atoms with Crippen LogP contribution in [0.25, 0.3) is 0 Å². The van der Waals surface area contributed by atoms with Crippen molar-refractivity contribution in [1.29, 1.82) is 0 Å². The van der Waals surface area contributed by atoms with Gasteiger partial charge in [0.1, 0.15) is 5.60 Å². The third-order valence-corrected chi connectivity index (χ3v) is 4.41. The third kappa shape index (κ3) is 5.76. The van der Waals surface area contributed by atoms with Crippen molar-refractivity contribution in [2.75, 3.05) is 26.2 Å². The smallest absolute Gasteiger partial charge is 0.410 e. The molecule has 0 spiro atoms. The molecular formula is C17H32N2O3. The zero-order valence-electron chi connectivity index (χ0n) is 14.6. The first-order valence-electron chi connectivity index (χ1n) is 8.66. The van der Waals surface area contributed by atoms with Crippen molar-refractivity contribution in [1.82, 2.24) is 10.2 Å². The molecular weight excluding hydrogens is 280 g/mol. The van der Waals surface area contributed by atoms with Gasteiger partial charge in [-0.3, -0.25) is 0 Å². The number of likely N-dealkylation sites (tertiary alicyclic amines) is 1. The largest absolute Gasteiger partial charge is 0.444 e. The Labute approximate surface area is 134 Å². The summed E-state index contributed by atoms with van der Waals surface area (Å²) in [5.74, 6) is 0.595. The van der Waals surface area contributed by atoms with Gasteiger partial charge in [-0.1, -0.05) is 0 Å². The molecule has 2 aliphatic heterocycles.